The van der Waals surface area contributed by atoms with E-state index in [9.17, 15) is 4.79 Å². The second-order valence-corrected chi connectivity index (χ2v) is 11.4. The van der Waals surface area contributed by atoms with Crippen LogP contribution in [0.15, 0.2) is 77.4 Å². The second-order valence-electron chi connectivity index (χ2n) is 10.1. The predicted molar refractivity (Wildman–Crippen MR) is 164 cm³/mol. The Morgan fingerprint density at radius 1 is 1.05 bits per heavy atom. The molecule has 1 amide bonds. The van der Waals surface area contributed by atoms with Gasteiger partial charge in [-0.3, -0.25) is 9.78 Å². The van der Waals surface area contributed by atoms with E-state index >= 15 is 0 Å². The second kappa shape index (κ2) is 11.3. The smallest absolute Gasteiger partial charge is 0.226 e. The van der Waals surface area contributed by atoms with E-state index in [0.717, 1.165) is 49.6 Å². The summed E-state index contributed by atoms with van der Waals surface area (Å²) in [5.74, 6) is -0.0353. The van der Waals surface area contributed by atoms with Crippen LogP contribution >= 0.6 is 28.1 Å². The maximum Gasteiger partial charge on any atom is 0.226 e. The first-order chi connectivity index (χ1) is 18.7. The third kappa shape index (κ3) is 5.63. The van der Waals surface area contributed by atoms with Crippen LogP contribution in [0, 0.1) is 27.7 Å². The van der Waals surface area contributed by atoms with Crippen LogP contribution in [-0.2, 0) is 4.79 Å². The van der Waals surface area contributed by atoms with Crippen LogP contribution in [0.25, 0.3) is 5.69 Å². The number of pyridine rings is 1. The van der Waals surface area contributed by atoms with E-state index in [0.29, 0.717) is 18.1 Å². The number of nitrogens with one attached hydrogen (secondary N) is 2. The molecular formula is C31H32BrN5OS. The van der Waals surface area contributed by atoms with E-state index in [1.54, 1.807) is 0 Å². The average molecular weight is 603 g/mol. The topological polar surface area (TPSA) is 62.2 Å². The zero-order valence-corrected chi connectivity index (χ0v) is 24.9. The molecule has 8 heteroatoms. The number of anilines is 1. The van der Waals surface area contributed by atoms with Gasteiger partial charge in [0.25, 0.3) is 0 Å². The molecule has 1 saturated heterocycles. The first-order valence-corrected chi connectivity index (χ1v) is 14.2. The lowest BCUT2D eigenvalue weighted by atomic mass is 9.96. The Kier molecular flexibility index (Phi) is 7.86. The minimum Gasteiger partial charge on any atom is -0.352 e. The lowest BCUT2D eigenvalue weighted by Gasteiger charge is -2.28. The van der Waals surface area contributed by atoms with E-state index in [2.05, 4.69) is 85.2 Å². The van der Waals surface area contributed by atoms with Crippen LogP contribution in [0.2, 0.25) is 0 Å². The Morgan fingerprint density at radius 3 is 2.54 bits per heavy atom. The van der Waals surface area contributed by atoms with Gasteiger partial charge in [-0.15, -0.1) is 0 Å². The highest BCUT2D eigenvalue weighted by Gasteiger charge is 2.41. The minimum absolute atomic E-state index is 0.0353. The maximum atomic E-state index is 13.0. The number of aromatic nitrogens is 2. The Labute approximate surface area is 243 Å². The first kappa shape index (κ1) is 27.1. The molecule has 2 N–H and O–H groups in total. The van der Waals surface area contributed by atoms with Gasteiger partial charge >= 0.3 is 0 Å². The van der Waals surface area contributed by atoms with E-state index in [1.165, 1.54) is 0 Å². The van der Waals surface area contributed by atoms with Gasteiger partial charge in [-0.05, 0) is 105 Å². The van der Waals surface area contributed by atoms with Crippen molar-refractivity contribution >= 4 is 44.9 Å². The van der Waals surface area contributed by atoms with Gasteiger partial charge in [0.05, 0.1) is 17.8 Å². The molecule has 0 saturated carbocycles. The predicted octanol–water partition coefficient (Wildman–Crippen LogP) is 6.87. The summed E-state index contributed by atoms with van der Waals surface area (Å²) in [6.45, 7) is 8.78. The molecule has 0 aliphatic carbocycles. The monoisotopic (exact) mass is 601 g/mol. The summed E-state index contributed by atoms with van der Waals surface area (Å²) in [4.78, 5) is 19.9. The molecule has 0 spiro atoms. The first-order valence-electron chi connectivity index (χ1n) is 13.0. The maximum absolute atomic E-state index is 13.0. The number of hydrogen-bond acceptors (Lipinski definition) is 3. The van der Waals surface area contributed by atoms with Crippen molar-refractivity contribution in [2.75, 3.05) is 11.9 Å². The number of carbonyl (C=O) groups is 1. The highest BCUT2D eigenvalue weighted by Crippen LogP contribution is 2.41. The van der Waals surface area contributed by atoms with E-state index in [-0.39, 0.29) is 18.0 Å². The summed E-state index contributed by atoms with van der Waals surface area (Å²) in [6, 6.07) is 22.3. The zero-order chi connectivity index (χ0) is 27.7. The SMILES string of the molecule is Cc1ccc(C)c(NC(=O)CCN2C(=S)N[C@H](c3ccccn3)[C@H]2c2cc(C)n(-c3ccc(Br)cc3)c2C)c1. The molecule has 39 heavy (non-hydrogen) atoms. The minimum atomic E-state index is -0.139. The Hall–Kier alpha value is -3.49. The number of rotatable bonds is 7. The Bertz CT molecular complexity index is 1520. The number of carbonyl (C=O) groups excluding carboxylic acids is 1. The van der Waals surface area contributed by atoms with Gasteiger partial charge in [-0.1, -0.05) is 34.1 Å². The van der Waals surface area contributed by atoms with Gasteiger partial charge in [-0.25, -0.2) is 0 Å². The lowest BCUT2D eigenvalue weighted by Crippen LogP contribution is -2.33. The molecule has 2 aromatic heterocycles. The number of thiocarbonyl (C=S) groups is 1. The third-order valence-electron chi connectivity index (χ3n) is 7.32. The molecule has 1 aliphatic rings. The summed E-state index contributed by atoms with van der Waals surface area (Å²) < 4.78 is 3.31. The number of nitrogens with zero attached hydrogens (tertiary/aromatic N) is 3. The quantitative estimate of drug-likeness (QED) is 0.226. The number of halogens is 1. The van der Waals surface area contributed by atoms with Gasteiger partial charge in [0.15, 0.2) is 5.11 Å². The van der Waals surface area contributed by atoms with Crippen molar-refractivity contribution in [3.05, 3.63) is 111 Å². The molecule has 5 rings (SSSR count). The van der Waals surface area contributed by atoms with E-state index in [4.69, 9.17) is 12.2 Å². The lowest BCUT2D eigenvalue weighted by molar-refractivity contribution is -0.116. The fourth-order valence-electron chi connectivity index (χ4n) is 5.36. The van der Waals surface area contributed by atoms with Crippen LogP contribution in [-0.4, -0.2) is 32.0 Å². The van der Waals surface area contributed by atoms with Crippen molar-refractivity contribution in [1.29, 1.82) is 0 Å². The van der Waals surface area contributed by atoms with Crippen molar-refractivity contribution < 1.29 is 4.79 Å². The number of aryl methyl sites for hydroxylation is 3. The standard InChI is InChI=1S/C31H32BrN5OS/c1-19-8-9-20(2)27(17-19)34-28(38)14-16-36-30(29(35-31(36)39)26-7-5-6-15-33-26)25-18-21(3)37(22(25)4)24-12-10-23(32)11-13-24/h5-13,15,17-18,29-30H,14,16H2,1-4H3,(H,34,38)(H,35,39)/t29-,30-/m1/s1. The van der Waals surface area contributed by atoms with Crippen molar-refractivity contribution in [3.63, 3.8) is 0 Å². The largest absolute Gasteiger partial charge is 0.352 e. The van der Waals surface area contributed by atoms with Crippen LogP contribution in [0.1, 0.15) is 52.3 Å². The van der Waals surface area contributed by atoms with Crippen LogP contribution in [0.3, 0.4) is 0 Å². The fraction of sp³-hybridized carbons (Fsp3) is 0.258. The summed E-state index contributed by atoms with van der Waals surface area (Å²) in [6.07, 6.45) is 2.12. The molecule has 3 heterocycles. The molecule has 0 unspecified atom stereocenters. The molecule has 0 radical (unpaired) electrons. The highest BCUT2D eigenvalue weighted by molar-refractivity contribution is 9.10. The summed E-state index contributed by atoms with van der Waals surface area (Å²) in [5, 5.41) is 7.23. The van der Waals surface area contributed by atoms with Crippen molar-refractivity contribution in [2.24, 2.45) is 0 Å². The molecule has 2 aromatic carbocycles. The zero-order valence-electron chi connectivity index (χ0n) is 22.5. The van der Waals surface area contributed by atoms with E-state index in [1.807, 2.05) is 56.4 Å². The molecule has 1 fully saturated rings. The van der Waals surface area contributed by atoms with Gasteiger partial charge in [-0.2, -0.15) is 0 Å². The number of amides is 1. The number of benzene rings is 2. The van der Waals surface area contributed by atoms with Crippen LogP contribution in [0.4, 0.5) is 5.69 Å². The number of hydrogen-bond donors (Lipinski definition) is 2. The molecule has 0 bridgehead atoms. The fourth-order valence-corrected chi connectivity index (χ4v) is 5.96. The summed E-state index contributed by atoms with van der Waals surface area (Å²) in [5.41, 5.74) is 8.45. The van der Waals surface area contributed by atoms with Crippen molar-refractivity contribution in [3.8, 4) is 5.69 Å². The van der Waals surface area contributed by atoms with Crippen LogP contribution < -0.4 is 10.6 Å². The highest BCUT2D eigenvalue weighted by atomic mass is 79.9. The van der Waals surface area contributed by atoms with Crippen LogP contribution in [0.5, 0.6) is 0 Å². The molecule has 2 atom stereocenters. The average Bonchev–Trinajstić information content (AvgIpc) is 3.40. The normalized spacial score (nSPS) is 16.8. The molecule has 6 nitrogen and oxygen atoms in total. The molecular weight excluding hydrogens is 570 g/mol. The van der Waals surface area contributed by atoms with Gasteiger partial charge in [0.2, 0.25) is 5.91 Å². The molecule has 4 aromatic rings. The van der Waals surface area contributed by atoms with Crippen molar-refractivity contribution in [2.45, 2.75) is 46.2 Å². The van der Waals surface area contributed by atoms with Gasteiger partial charge < -0.3 is 20.1 Å². The van der Waals surface area contributed by atoms with E-state index < -0.39 is 0 Å². The summed E-state index contributed by atoms with van der Waals surface area (Å²) in [7, 11) is 0. The molecule has 200 valence electrons. The Morgan fingerprint density at radius 2 is 1.82 bits per heavy atom. The van der Waals surface area contributed by atoms with Gasteiger partial charge in [0.1, 0.15) is 0 Å². The van der Waals surface area contributed by atoms with Crippen molar-refractivity contribution in [1.82, 2.24) is 19.8 Å². The Balaban J connectivity index is 1.46. The third-order valence-corrected chi connectivity index (χ3v) is 8.20. The van der Waals surface area contributed by atoms with Gasteiger partial charge in [0, 0.05) is 46.4 Å². The summed E-state index contributed by atoms with van der Waals surface area (Å²) >= 11 is 9.39. The molecule has 1 aliphatic heterocycles.